The average Bonchev–Trinajstić information content (AvgIpc) is 2.86. The van der Waals surface area contributed by atoms with E-state index in [0.29, 0.717) is 4.22 Å². The molecule has 1 aromatic rings. The fourth-order valence-electron chi connectivity index (χ4n) is 4.34. The predicted molar refractivity (Wildman–Crippen MR) is 127 cm³/mol. The van der Waals surface area contributed by atoms with Crippen molar-refractivity contribution in [1.29, 1.82) is 0 Å². The summed E-state index contributed by atoms with van der Waals surface area (Å²) in [6.45, 7) is 14.5. The fourth-order valence-corrected chi connectivity index (χ4v) is 14.1. The summed E-state index contributed by atoms with van der Waals surface area (Å²) in [4.78, 5) is 4.99. The van der Waals surface area contributed by atoms with Crippen LogP contribution in [0.2, 0.25) is 29.6 Å². The zero-order valence-electron chi connectivity index (χ0n) is 18.1. The molecule has 1 aromatic carbocycles. The van der Waals surface area contributed by atoms with Gasteiger partial charge in [0.2, 0.25) is 0 Å². The molecule has 6 heteroatoms. The molecule has 0 amide bonds. The maximum absolute atomic E-state index is 6.13. The van der Waals surface area contributed by atoms with Gasteiger partial charge in [-0.1, -0.05) is 0 Å². The second-order valence-corrected chi connectivity index (χ2v) is 24.5. The first kappa shape index (κ1) is 27.3. The normalized spacial score (nSPS) is 17.1. The van der Waals surface area contributed by atoms with Crippen molar-refractivity contribution >= 4 is 44.0 Å². The van der Waals surface area contributed by atoms with Crippen molar-refractivity contribution in [2.45, 2.75) is 66.5 Å². The maximum atomic E-state index is 6.13. The molecule has 27 heavy (non-hydrogen) atoms. The van der Waals surface area contributed by atoms with E-state index in [-0.39, 0.29) is 30.4 Å². The molecule has 2 rings (SSSR count). The Kier molecular flexibility index (Phi) is 9.47. The standard InChI is InChI=1S/C9H7.C6H15OSi.C4H10N.CH3.CH2.2ClH.Ti/c1-2-5-9-7-3-6-8(9)4-1;1-5-6-7-8(2,3)4;1-4(2,3)5;;;;;/h1-7H;1,5-6H2,2-4H3;5H,1-3H3;1H3;1H2;2*1H;/q;;-1;;;;;+1. The Balaban J connectivity index is 0.00000338. The second-order valence-electron chi connectivity index (χ2n) is 10.3. The summed E-state index contributed by atoms with van der Waals surface area (Å²) in [7, 11) is -1.45. The van der Waals surface area contributed by atoms with Crippen LogP contribution in [0.5, 0.6) is 0 Å². The van der Waals surface area contributed by atoms with Crippen LogP contribution in [0, 0.1) is 0 Å². The second kappa shape index (κ2) is 9.38. The summed E-state index contributed by atoms with van der Waals surface area (Å²) in [6.07, 6.45) is 5.80. The first-order valence-corrected chi connectivity index (χ1v) is 18.4. The van der Waals surface area contributed by atoms with E-state index in [1.54, 1.807) is 0 Å². The number of hydrogen-bond donors (Lipinski definition) is 1. The minimum atomic E-state index is -3.27. The molecule has 0 saturated carbocycles. The number of benzene rings is 1. The molecule has 2 nitrogen and oxygen atoms in total. The van der Waals surface area contributed by atoms with E-state index in [0.717, 1.165) is 17.8 Å². The molecular weight excluding hydrogens is 429 g/mol. The van der Waals surface area contributed by atoms with Crippen LogP contribution < -0.4 is 3.80 Å². The van der Waals surface area contributed by atoms with E-state index in [2.05, 4.69) is 85.9 Å². The van der Waals surface area contributed by atoms with Gasteiger partial charge in [0, 0.05) is 0 Å². The van der Waals surface area contributed by atoms with E-state index < -0.39 is 23.4 Å². The number of fused-ring (bicyclic) bond motifs is 1. The quantitative estimate of drug-likeness (QED) is 0.354. The van der Waals surface area contributed by atoms with Crippen LogP contribution in [-0.2, 0) is 19.5 Å². The van der Waals surface area contributed by atoms with Gasteiger partial charge in [-0.2, -0.15) is 0 Å². The van der Waals surface area contributed by atoms with Gasteiger partial charge < -0.3 is 0 Å². The number of rotatable bonds is 7. The zero-order chi connectivity index (χ0) is 19.0. The van der Waals surface area contributed by atoms with Gasteiger partial charge in [-0.25, -0.2) is 0 Å². The predicted octanol–water partition coefficient (Wildman–Crippen LogP) is 6.73. The Bertz CT molecular complexity index is 722. The van der Waals surface area contributed by atoms with Gasteiger partial charge in [-0.15, -0.1) is 24.8 Å². The Labute approximate surface area is 181 Å². The molecule has 0 saturated heterocycles. The summed E-state index contributed by atoms with van der Waals surface area (Å²) >= 11 is -3.27. The third kappa shape index (κ3) is 7.55. The molecule has 156 valence electrons. The summed E-state index contributed by atoms with van der Waals surface area (Å²) in [5, 5.41) is 2.48. The van der Waals surface area contributed by atoms with Crippen molar-refractivity contribution in [3.8, 4) is 0 Å². The molecule has 1 aliphatic rings. The molecule has 1 N–H and O–H groups in total. The number of halogens is 2. The van der Waals surface area contributed by atoms with E-state index in [9.17, 15) is 0 Å². The van der Waals surface area contributed by atoms with E-state index in [1.165, 1.54) is 11.1 Å². The topological polar surface area (TPSA) is 21.3 Å². The first-order valence-electron chi connectivity index (χ1n) is 9.56. The molecule has 0 aliphatic heterocycles. The van der Waals surface area contributed by atoms with Crippen LogP contribution in [0.15, 0.2) is 30.3 Å². The molecule has 1 aliphatic carbocycles. The molecule has 1 atom stereocenters. The zero-order valence-corrected chi connectivity index (χ0v) is 22.3. The molecule has 0 fully saturated rings. The van der Waals surface area contributed by atoms with E-state index >= 15 is 0 Å². The Morgan fingerprint density at radius 2 is 1.74 bits per heavy atom. The third-order valence-corrected chi connectivity index (χ3v) is 14.8. The molecule has 1 unspecified atom stereocenters. The molecular formula is C21H39Cl2NOSiTi. The third-order valence-electron chi connectivity index (χ3n) is 5.01. The Hall–Kier alpha value is 0.261. The van der Waals surface area contributed by atoms with Crippen molar-refractivity contribution in [3.05, 3.63) is 41.5 Å². The van der Waals surface area contributed by atoms with Gasteiger partial charge in [-0.3, -0.25) is 0 Å². The van der Waals surface area contributed by atoms with Crippen LogP contribution in [0.4, 0.5) is 0 Å². The fraction of sp³-hybridized carbons (Fsp3) is 0.571. The van der Waals surface area contributed by atoms with Crippen molar-refractivity contribution in [2.24, 2.45) is 0 Å². The van der Waals surface area contributed by atoms with E-state index in [1.807, 2.05) is 0 Å². The molecule has 0 spiro atoms. The molecule has 0 aromatic heterocycles. The average molecular weight is 468 g/mol. The van der Waals surface area contributed by atoms with E-state index in [4.69, 9.17) is 9.24 Å². The Morgan fingerprint density at radius 3 is 2.30 bits per heavy atom. The van der Waals surface area contributed by atoms with Crippen molar-refractivity contribution in [1.82, 2.24) is 3.80 Å². The van der Waals surface area contributed by atoms with Crippen LogP contribution in [0.3, 0.4) is 0 Å². The number of hydrogen-bond acceptors (Lipinski definition) is 2. The van der Waals surface area contributed by atoms with Crippen molar-refractivity contribution in [3.63, 3.8) is 0 Å². The first-order chi connectivity index (χ1) is 11.3. The van der Waals surface area contributed by atoms with Gasteiger partial charge in [0.25, 0.3) is 0 Å². The summed E-state index contributed by atoms with van der Waals surface area (Å²) in [5.74, 6) is 0. The summed E-state index contributed by atoms with van der Waals surface area (Å²) < 4.78 is 11.8. The van der Waals surface area contributed by atoms with Gasteiger partial charge in [-0.05, 0) is 0 Å². The van der Waals surface area contributed by atoms with Crippen LogP contribution in [-0.4, -0.2) is 25.3 Å². The van der Waals surface area contributed by atoms with Gasteiger partial charge in [0.1, 0.15) is 0 Å². The number of allylic oxidation sites excluding steroid dienone is 1. The summed E-state index contributed by atoms with van der Waals surface area (Å²) in [6, 6.07) is 8.81. The minimum absolute atomic E-state index is 0. The van der Waals surface area contributed by atoms with Crippen molar-refractivity contribution in [2.75, 3.05) is 6.61 Å². The Morgan fingerprint density at radius 1 is 1.15 bits per heavy atom. The monoisotopic (exact) mass is 467 g/mol. The SMILES string of the molecule is Cl.Cl.[CH2]=[Ti]([CH3])([CH2]CCO[Si](C)(C)C)([NH]C(C)(C)C)[CH]1C=Cc2ccccc21. The van der Waals surface area contributed by atoms with Crippen LogP contribution >= 0.6 is 24.8 Å². The van der Waals surface area contributed by atoms with Gasteiger partial charge >= 0.3 is 157 Å². The van der Waals surface area contributed by atoms with Crippen LogP contribution in [0.1, 0.15) is 42.5 Å². The molecule has 0 heterocycles. The van der Waals surface area contributed by atoms with Crippen LogP contribution in [0.25, 0.3) is 6.08 Å². The number of nitrogens with one attached hydrogen (secondary N) is 1. The summed E-state index contributed by atoms with van der Waals surface area (Å²) in [5.41, 5.74) is 2.89. The van der Waals surface area contributed by atoms with Crippen molar-refractivity contribution < 1.29 is 19.5 Å². The van der Waals surface area contributed by atoms with Gasteiger partial charge in [0.05, 0.1) is 0 Å². The molecule has 0 radical (unpaired) electrons. The molecule has 0 bridgehead atoms. The van der Waals surface area contributed by atoms with Gasteiger partial charge in [0.15, 0.2) is 0 Å².